The van der Waals surface area contributed by atoms with Crippen LogP contribution >= 0.6 is 12.6 Å². The first-order chi connectivity index (χ1) is 5.39. The van der Waals surface area contributed by atoms with Gasteiger partial charge in [-0.05, 0) is 17.1 Å². The van der Waals surface area contributed by atoms with Gasteiger partial charge in [-0.1, -0.05) is 27.2 Å². The second-order valence-corrected chi connectivity index (χ2v) is 4.67. The van der Waals surface area contributed by atoms with E-state index in [1.165, 1.54) is 0 Å². The van der Waals surface area contributed by atoms with Crippen LogP contribution in [-0.2, 0) is 4.79 Å². The van der Waals surface area contributed by atoms with Gasteiger partial charge >= 0.3 is 5.97 Å². The SMILES string of the molecule is CCC(C)(CC(=O)O)CC(C)S. The van der Waals surface area contributed by atoms with Gasteiger partial charge in [0.05, 0.1) is 6.42 Å². The molecule has 0 aromatic rings. The standard InChI is InChI=1S/C9H18O2S/c1-4-9(3,5-7(2)12)6-8(10)11/h7,12H,4-6H2,1-3H3,(H,10,11). The van der Waals surface area contributed by atoms with Crippen LogP contribution in [0.2, 0.25) is 0 Å². The molecule has 3 heteroatoms. The molecule has 2 atom stereocenters. The van der Waals surface area contributed by atoms with Crippen molar-refractivity contribution in [2.75, 3.05) is 0 Å². The summed E-state index contributed by atoms with van der Waals surface area (Å²) in [5, 5.41) is 8.94. The number of hydrogen-bond donors (Lipinski definition) is 2. The van der Waals surface area contributed by atoms with Crippen molar-refractivity contribution in [1.29, 1.82) is 0 Å². The molecule has 0 bridgehead atoms. The minimum Gasteiger partial charge on any atom is -0.481 e. The van der Waals surface area contributed by atoms with Crippen molar-refractivity contribution >= 4 is 18.6 Å². The summed E-state index contributed by atoms with van der Waals surface area (Å²) in [6, 6.07) is 0. The molecule has 2 unspecified atom stereocenters. The fraction of sp³-hybridized carbons (Fsp3) is 0.889. The van der Waals surface area contributed by atoms with Crippen LogP contribution in [0.3, 0.4) is 0 Å². The fourth-order valence-corrected chi connectivity index (χ4v) is 1.86. The largest absolute Gasteiger partial charge is 0.481 e. The third-order valence-corrected chi connectivity index (χ3v) is 2.40. The second-order valence-electron chi connectivity index (χ2n) is 3.79. The van der Waals surface area contributed by atoms with Gasteiger partial charge in [0.25, 0.3) is 0 Å². The molecule has 0 saturated carbocycles. The Bertz CT molecular complexity index is 157. The molecule has 72 valence electrons. The third kappa shape index (κ3) is 4.65. The highest BCUT2D eigenvalue weighted by Crippen LogP contribution is 2.32. The van der Waals surface area contributed by atoms with Crippen LogP contribution in [0, 0.1) is 5.41 Å². The van der Waals surface area contributed by atoms with Crippen LogP contribution in [0.1, 0.15) is 40.0 Å². The highest BCUT2D eigenvalue weighted by molar-refractivity contribution is 7.80. The van der Waals surface area contributed by atoms with Crippen molar-refractivity contribution in [2.24, 2.45) is 5.41 Å². The maximum Gasteiger partial charge on any atom is 0.303 e. The summed E-state index contributed by atoms with van der Waals surface area (Å²) in [7, 11) is 0. The highest BCUT2D eigenvalue weighted by atomic mass is 32.1. The second kappa shape index (κ2) is 4.75. The van der Waals surface area contributed by atoms with Gasteiger partial charge in [-0.2, -0.15) is 12.6 Å². The molecular formula is C9H18O2S. The van der Waals surface area contributed by atoms with E-state index in [2.05, 4.69) is 12.6 Å². The molecule has 12 heavy (non-hydrogen) atoms. The molecule has 0 aromatic heterocycles. The molecule has 2 nitrogen and oxygen atoms in total. The number of rotatable bonds is 5. The first kappa shape index (κ1) is 11.8. The van der Waals surface area contributed by atoms with Crippen molar-refractivity contribution < 1.29 is 9.90 Å². The van der Waals surface area contributed by atoms with Gasteiger partial charge in [-0.25, -0.2) is 0 Å². The monoisotopic (exact) mass is 190 g/mol. The number of carboxylic acids is 1. The number of hydrogen-bond acceptors (Lipinski definition) is 2. The van der Waals surface area contributed by atoms with Crippen LogP contribution in [0.15, 0.2) is 0 Å². The molecule has 0 rings (SSSR count). The van der Waals surface area contributed by atoms with E-state index in [4.69, 9.17) is 5.11 Å². The van der Waals surface area contributed by atoms with E-state index >= 15 is 0 Å². The van der Waals surface area contributed by atoms with Crippen LogP contribution in [0.4, 0.5) is 0 Å². The average Bonchev–Trinajstić information content (AvgIpc) is 1.83. The van der Waals surface area contributed by atoms with Crippen molar-refractivity contribution in [3.8, 4) is 0 Å². The third-order valence-electron chi connectivity index (χ3n) is 2.22. The maximum atomic E-state index is 10.5. The number of carbonyl (C=O) groups is 1. The molecule has 1 N–H and O–H groups in total. The van der Waals surface area contributed by atoms with Crippen LogP contribution in [-0.4, -0.2) is 16.3 Å². The zero-order valence-electron chi connectivity index (χ0n) is 8.00. The lowest BCUT2D eigenvalue weighted by Gasteiger charge is -2.27. The zero-order valence-corrected chi connectivity index (χ0v) is 8.90. The van der Waals surface area contributed by atoms with Gasteiger partial charge in [0.1, 0.15) is 0 Å². The molecule has 0 aromatic carbocycles. The predicted octanol–water partition coefficient (Wildman–Crippen LogP) is 2.59. The Hall–Kier alpha value is -0.180. The summed E-state index contributed by atoms with van der Waals surface area (Å²) in [5.41, 5.74) is -0.0903. The topological polar surface area (TPSA) is 37.3 Å². The van der Waals surface area contributed by atoms with E-state index in [1.54, 1.807) is 0 Å². The minimum absolute atomic E-state index is 0.0903. The van der Waals surface area contributed by atoms with E-state index in [0.29, 0.717) is 0 Å². The molecule has 0 aliphatic carbocycles. The molecule has 0 spiro atoms. The van der Waals surface area contributed by atoms with Gasteiger partial charge in [0.15, 0.2) is 0 Å². The summed E-state index contributed by atoms with van der Waals surface area (Å²) in [6.07, 6.45) is 2.00. The van der Waals surface area contributed by atoms with Gasteiger partial charge in [-0.3, -0.25) is 4.79 Å². The Morgan fingerprint density at radius 3 is 2.42 bits per heavy atom. The number of carboxylic acid groups (broad SMARTS) is 1. The lowest BCUT2D eigenvalue weighted by Crippen LogP contribution is -2.22. The molecule has 0 fully saturated rings. The van der Waals surface area contributed by atoms with Crippen molar-refractivity contribution in [1.82, 2.24) is 0 Å². The molecule has 0 aliphatic heterocycles. The van der Waals surface area contributed by atoms with Crippen molar-refractivity contribution in [3.63, 3.8) is 0 Å². The molecule has 0 radical (unpaired) electrons. The summed E-state index contributed by atoms with van der Waals surface area (Å²) in [6.45, 7) is 6.03. The predicted molar refractivity (Wildman–Crippen MR) is 53.7 cm³/mol. The molecule has 0 saturated heterocycles. The average molecular weight is 190 g/mol. The number of thiol groups is 1. The van der Waals surface area contributed by atoms with E-state index in [0.717, 1.165) is 12.8 Å². The Kier molecular flexibility index (Phi) is 4.68. The Morgan fingerprint density at radius 1 is 1.67 bits per heavy atom. The normalized spacial score (nSPS) is 18.3. The van der Waals surface area contributed by atoms with Crippen molar-refractivity contribution in [3.05, 3.63) is 0 Å². The van der Waals surface area contributed by atoms with Gasteiger partial charge in [0.2, 0.25) is 0 Å². The Balaban J connectivity index is 4.13. The first-order valence-electron chi connectivity index (χ1n) is 4.29. The summed E-state index contributed by atoms with van der Waals surface area (Å²) in [5.74, 6) is -0.715. The lowest BCUT2D eigenvalue weighted by molar-refractivity contribution is -0.139. The summed E-state index contributed by atoms with van der Waals surface area (Å²) < 4.78 is 0. The number of aliphatic carboxylic acids is 1. The first-order valence-corrected chi connectivity index (χ1v) is 4.81. The van der Waals surface area contributed by atoms with E-state index in [-0.39, 0.29) is 17.1 Å². The van der Waals surface area contributed by atoms with Gasteiger partial charge in [0, 0.05) is 0 Å². The molecule has 0 aliphatic rings. The maximum absolute atomic E-state index is 10.5. The van der Waals surface area contributed by atoms with Crippen LogP contribution < -0.4 is 0 Å². The summed E-state index contributed by atoms with van der Waals surface area (Å²) >= 11 is 4.27. The highest BCUT2D eigenvalue weighted by Gasteiger charge is 2.26. The quantitative estimate of drug-likeness (QED) is 0.654. The van der Waals surface area contributed by atoms with Gasteiger partial charge < -0.3 is 5.11 Å². The van der Waals surface area contributed by atoms with E-state index < -0.39 is 5.97 Å². The van der Waals surface area contributed by atoms with Gasteiger partial charge in [-0.15, -0.1) is 0 Å². The van der Waals surface area contributed by atoms with Crippen LogP contribution in [0.25, 0.3) is 0 Å². The Labute approximate surface area is 79.8 Å². The minimum atomic E-state index is -0.715. The zero-order chi connectivity index (χ0) is 9.78. The lowest BCUT2D eigenvalue weighted by atomic mass is 9.80. The fourth-order valence-electron chi connectivity index (χ4n) is 1.42. The molecular weight excluding hydrogens is 172 g/mol. The smallest absolute Gasteiger partial charge is 0.303 e. The molecule has 0 amide bonds. The summed E-state index contributed by atoms with van der Waals surface area (Å²) in [4.78, 5) is 10.5. The van der Waals surface area contributed by atoms with E-state index in [9.17, 15) is 4.79 Å². The molecule has 0 heterocycles. The van der Waals surface area contributed by atoms with E-state index in [1.807, 2.05) is 20.8 Å². The van der Waals surface area contributed by atoms with Crippen LogP contribution in [0.5, 0.6) is 0 Å². The van der Waals surface area contributed by atoms with Crippen molar-refractivity contribution in [2.45, 2.75) is 45.3 Å². The Morgan fingerprint density at radius 2 is 2.17 bits per heavy atom.